The zero-order chi connectivity index (χ0) is 19.3. The maximum atomic E-state index is 13.0. The highest BCUT2D eigenvalue weighted by Crippen LogP contribution is 2.52. The van der Waals surface area contributed by atoms with Gasteiger partial charge in [-0.2, -0.15) is 0 Å². The zero-order valence-corrected chi connectivity index (χ0v) is 16.3. The van der Waals surface area contributed by atoms with Gasteiger partial charge in [0.1, 0.15) is 5.00 Å². The van der Waals surface area contributed by atoms with Crippen molar-refractivity contribution in [1.29, 1.82) is 0 Å². The van der Waals surface area contributed by atoms with Crippen molar-refractivity contribution in [1.82, 2.24) is 0 Å². The fourth-order valence-electron chi connectivity index (χ4n) is 5.55. The topological polar surface area (TPSA) is 112 Å². The Bertz CT molecular complexity index is 802. The van der Waals surface area contributed by atoms with E-state index in [4.69, 9.17) is 5.73 Å². The molecule has 4 rings (SSSR count). The molecule has 6 nitrogen and oxygen atoms in total. The standard InChI is InChI=1S/C20H26N2O4S/c1-2-9-3-6-12-13(7-9)27-19(16(12)17(21)23)22-18(24)14-10-4-5-11(8-10)15(14)20(25)26/h9-11,14-15H,2-8H2,1H3,(H2,21,23)(H,22,24)(H,25,26)/p-1/t9-,10-,11+,14-,15+/m1/s1. The molecule has 3 aliphatic rings. The van der Waals surface area contributed by atoms with Gasteiger partial charge >= 0.3 is 0 Å². The van der Waals surface area contributed by atoms with E-state index in [1.807, 2.05) is 0 Å². The van der Waals surface area contributed by atoms with Gasteiger partial charge < -0.3 is 21.0 Å². The molecule has 0 radical (unpaired) electrons. The first-order valence-corrected chi connectivity index (χ1v) is 10.7. The van der Waals surface area contributed by atoms with Crippen molar-refractivity contribution in [2.75, 3.05) is 5.32 Å². The van der Waals surface area contributed by atoms with Crippen LogP contribution >= 0.6 is 11.3 Å². The zero-order valence-electron chi connectivity index (χ0n) is 15.5. The van der Waals surface area contributed by atoms with Crippen molar-refractivity contribution in [2.45, 2.75) is 51.9 Å². The molecule has 3 N–H and O–H groups in total. The van der Waals surface area contributed by atoms with Gasteiger partial charge in [-0.15, -0.1) is 11.3 Å². The van der Waals surface area contributed by atoms with Crippen LogP contribution in [0.2, 0.25) is 0 Å². The molecule has 2 bridgehead atoms. The van der Waals surface area contributed by atoms with Gasteiger partial charge in [-0.3, -0.25) is 9.59 Å². The van der Waals surface area contributed by atoms with Crippen LogP contribution in [0, 0.1) is 29.6 Å². The Morgan fingerprint density at radius 3 is 2.52 bits per heavy atom. The summed E-state index contributed by atoms with van der Waals surface area (Å²) in [4.78, 5) is 37.8. The summed E-state index contributed by atoms with van der Waals surface area (Å²) >= 11 is 1.43. The van der Waals surface area contributed by atoms with E-state index < -0.39 is 23.7 Å². The fraction of sp³-hybridized carbons (Fsp3) is 0.650. The van der Waals surface area contributed by atoms with Crippen molar-refractivity contribution in [3.63, 3.8) is 0 Å². The number of hydrogen-bond donors (Lipinski definition) is 2. The van der Waals surface area contributed by atoms with Crippen LogP contribution in [0.15, 0.2) is 0 Å². The third-order valence-corrected chi connectivity index (χ3v) is 8.09. The van der Waals surface area contributed by atoms with E-state index in [1.54, 1.807) is 0 Å². The predicted molar refractivity (Wildman–Crippen MR) is 100 cm³/mol. The second-order valence-electron chi connectivity index (χ2n) is 8.28. The number of nitrogens with one attached hydrogen (secondary N) is 1. The number of hydrogen-bond acceptors (Lipinski definition) is 5. The predicted octanol–water partition coefficient (Wildman–Crippen LogP) is 1.71. The lowest BCUT2D eigenvalue weighted by atomic mass is 9.78. The van der Waals surface area contributed by atoms with Crippen molar-refractivity contribution < 1.29 is 19.5 Å². The van der Waals surface area contributed by atoms with E-state index in [1.165, 1.54) is 11.3 Å². The number of carbonyl (C=O) groups excluding carboxylic acids is 3. The highest BCUT2D eigenvalue weighted by atomic mass is 32.1. The molecule has 146 valence electrons. The van der Waals surface area contributed by atoms with Crippen LogP contribution in [-0.2, 0) is 22.4 Å². The van der Waals surface area contributed by atoms with Crippen LogP contribution in [-0.4, -0.2) is 17.8 Å². The Balaban J connectivity index is 1.61. The maximum absolute atomic E-state index is 13.0. The summed E-state index contributed by atoms with van der Waals surface area (Å²) in [6.45, 7) is 2.16. The van der Waals surface area contributed by atoms with Crippen LogP contribution < -0.4 is 16.2 Å². The number of rotatable bonds is 5. The van der Waals surface area contributed by atoms with Gasteiger partial charge in [0, 0.05) is 22.7 Å². The summed E-state index contributed by atoms with van der Waals surface area (Å²) in [6.07, 6.45) is 6.32. The van der Waals surface area contributed by atoms with Crippen LogP contribution in [0.1, 0.15) is 59.8 Å². The molecule has 5 atom stereocenters. The molecular formula is C20H25N2O4S-. The van der Waals surface area contributed by atoms with Gasteiger partial charge in [0.2, 0.25) is 5.91 Å². The minimum absolute atomic E-state index is 0.0354. The molecule has 1 heterocycles. The summed E-state index contributed by atoms with van der Waals surface area (Å²) in [7, 11) is 0. The summed E-state index contributed by atoms with van der Waals surface area (Å²) in [6, 6.07) is 0. The van der Waals surface area contributed by atoms with Crippen molar-refractivity contribution in [3.05, 3.63) is 16.0 Å². The molecule has 1 aromatic rings. The molecule has 1 aromatic heterocycles. The molecular weight excluding hydrogens is 364 g/mol. The first-order valence-electron chi connectivity index (χ1n) is 9.86. The maximum Gasteiger partial charge on any atom is 0.251 e. The average Bonchev–Trinajstić information content (AvgIpc) is 3.32. The van der Waals surface area contributed by atoms with Crippen LogP contribution in [0.4, 0.5) is 5.00 Å². The highest BCUT2D eigenvalue weighted by Gasteiger charge is 2.51. The Morgan fingerprint density at radius 1 is 1.19 bits per heavy atom. The van der Waals surface area contributed by atoms with Crippen LogP contribution in [0.3, 0.4) is 0 Å². The number of thiophene rings is 1. The molecule has 0 unspecified atom stereocenters. The first-order chi connectivity index (χ1) is 12.9. The molecule has 27 heavy (non-hydrogen) atoms. The van der Waals surface area contributed by atoms with Crippen LogP contribution in [0.25, 0.3) is 0 Å². The Morgan fingerprint density at radius 2 is 1.89 bits per heavy atom. The van der Waals surface area contributed by atoms with Gasteiger partial charge in [0.15, 0.2) is 0 Å². The molecule has 0 saturated heterocycles. The summed E-state index contributed by atoms with van der Waals surface area (Å²) in [5.41, 5.74) is 7.02. The summed E-state index contributed by atoms with van der Waals surface area (Å²) in [5.74, 6) is -2.53. The Hall–Kier alpha value is -1.89. The minimum Gasteiger partial charge on any atom is -0.550 e. The molecule has 0 aromatic carbocycles. The molecule has 0 spiro atoms. The van der Waals surface area contributed by atoms with Gasteiger partial charge in [-0.05, 0) is 61.8 Å². The molecule has 7 heteroatoms. The van der Waals surface area contributed by atoms with E-state index in [2.05, 4.69) is 12.2 Å². The molecule has 2 fully saturated rings. The number of carboxylic acid groups (broad SMARTS) is 1. The van der Waals surface area contributed by atoms with Gasteiger partial charge in [-0.1, -0.05) is 13.3 Å². The number of anilines is 1. The molecule has 2 amide bonds. The molecule has 0 aliphatic heterocycles. The normalized spacial score (nSPS) is 31.5. The minimum atomic E-state index is -1.13. The lowest BCUT2D eigenvalue weighted by Gasteiger charge is -2.30. The first kappa shape index (κ1) is 18.5. The number of carboxylic acids is 1. The SMILES string of the molecule is CC[C@@H]1CCc2c(sc(NC(=O)[C@@H]3[C@@H]4CC[C@@H](C4)[C@@H]3C(=O)[O-])c2C(N)=O)C1. The lowest BCUT2D eigenvalue weighted by Crippen LogP contribution is -2.44. The average molecular weight is 389 g/mol. The third-order valence-electron chi connectivity index (χ3n) is 6.92. The summed E-state index contributed by atoms with van der Waals surface area (Å²) < 4.78 is 0. The molecule has 2 saturated carbocycles. The van der Waals surface area contributed by atoms with Crippen molar-refractivity contribution in [3.8, 4) is 0 Å². The van der Waals surface area contributed by atoms with E-state index in [9.17, 15) is 19.5 Å². The second kappa shape index (κ2) is 6.93. The fourth-order valence-corrected chi connectivity index (χ4v) is 6.92. The molecule has 3 aliphatic carbocycles. The van der Waals surface area contributed by atoms with E-state index in [-0.39, 0.29) is 17.7 Å². The van der Waals surface area contributed by atoms with E-state index in [0.29, 0.717) is 16.5 Å². The Labute approximate surface area is 162 Å². The van der Waals surface area contributed by atoms with E-state index >= 15 is 0 Å². The van der Waals surface area contributed by atoms with Gasteiger partial charge in [0.05, 0.1) is 5.56 Å². The second-order valence-corrected chi connectivity index (χ2v) is 9.39. The smallest absolute Gasteiger partial charge is 0.251 e. The number of fused-ring (bicyclic) bond motifs is 3. The number of amides is 2. The number of primary amides is 1. The lowest BCUT2D eigenvalue weighted by molar-refractivity contribution is -0.314. The summed E-state index contributed by atoms with van der Waals surface area (Å²) in [5, 5.41) is 15.0. The third kappa shape index (κ3) is 3.06. The Kier molecular flexibility index (Phi) is 4.74. The number of aliphatic carboxylic acids is 1. The van der Waals surface area contributed by atoms with Crippen molar-refractivity contribution >= 4 is 34.1 Å². The quantitative estimate of drug-likeness (QED) is 0.798. The monoisotopic (exact) mass is 389 g/mol. The number of carbonyl (C=O) groups is 3. The largest absolute Gasteiger partial charge is 0.550 e. The number of nitrogens with two attached hydrogens (primary N) is 1. The van der Waals surface area contributed by atoms with Gasteiger partial charge in [0.25, 0.3) is 5.91 Å². The van der Waals surface area contributed by atoms with E-state index in [0.717, 1.165) is 55.4 Å². The van der Waals surface area contributed by atoms with Gasteiger partial charge in [-0.25, -0.2) is 0 Å². The van der Waals surface area contributed by atoms with Crippen LogP contribution in [0.5, 0.6) is 0 Å². The van der Waals surface area contributed by atoms with Crippen molar-refractivity contribution in [2.24, 2.45) is 35.3 Å². The highest BCUT2D eigenvalue weighted by molar-refractivity contribution is 7.17.